The number of nitrogens with one attached hydrogen (secondary N) is 3. The number of anilines is 3. The third-order valence-corrected chi connectivity index (χ3v) is 5.36. The van der Waals surface area contributed by atoms with Crippen LogP contribution in [0.2, 0.25) is 0 Å². The zero-order chi connectivity index (χ0) is 24.2. The number of carbonyl (C=O) groups is 3. The van der Waals surface area contributed by atoms with Crippen LogP contribution < -0.4 is 20.7 Å². The maximum absolute atomic E-state index is 12.4. The quantitative estimate of drug-likeness (QED) is 0.400. The van der Waals surface area contributed by atoms with Crippen LogP contribution in [0.15, 0.2) is 48.8 Å². The van der Waals surface area contributed by atoms with Gasteiger partial charge in [-0.15, -0.1) is 0 Å². The van der Waals surface area contributed by atoms with Crippen LogP contribution in [0.3, 0.4) is 0 Å². The topological polar surface area (TPSA) is 143 Å². The molecule has 0 spiro atoms. The van der Waals surface area contributed by atoms with E-state index in [-0.39, 0.29) is 29.0 Å². The van der Waals surface area contributed by atoms with Crippen molar-refractivity contribution < 1.29 is 24.2 Å². The molecule has 0 radical (unpaired) electrons. The summed E-state index contributed by atoms with van der Waals surface area (Å²) < 4.78 is 5.65. The first-order chi connectivity index (χ1) is 16.4. The number of amides is 2. The van der Waals surface area contributed by atoms with Crippen LogP contribution in [-0.4, -0.2) is 47.0 Å². The lowest BCUT2D eigenvalue weighted by Gasteiger charge is -2.17. The number of hydrogen-bond donors (Lipinski definition) is 4. The average molecular weight is 461 g/mol. The third kappa shape index (κ3) is 4.80. The number of ether oxygens (including phenoxy) is 1. The number of hydrogen-bond acceptors (Lipinski definition) is 7. The first-order valence-corrected chi connectivity index (χ1v) is 10.6. The average Bonchev–Trinajstić information content (AvgIpc) is 3.69. The SMILES string of the molecule is CNC(=O)c1cnc(NC(=O)C2CC2)cc1Nc1cccc(-c2ccc(C(=O)O)nc2)c1OC. The van der Waals surface area contributed by atoms with Crippen molar-refractivity contribution in [2.75, 3.05) is 24.8 Å². The summed E-state index contributed by atoms with van der Waals surface area (Å²) in [7, 11) is 3.03. The van der Waals surface area contributed by atoms with Crippen molar-refractivity contribution in [2.24, 2.45) is 5.92 Å². The Hall–Kier alpha value is -4.47. The summed E-state index contributed by atoms with van der Waals surface area (Å²) in [4.78, 5) is 43.9. The van der Waals surface area contributed by atoms with Gasteiger partial charge < -0.3 is 25.8 Å². The Morgan fingerprint density at radius 3 is 2.47 bits per heavy atom. The Balaban J connectivity index is 1.70. The van der Waals surface area contributed by atoms with Gasteiger partial charge in [-0.1, -0.05) is 18.2 Å². The maximum Gasteiger partial charge on any atom is 0.354 e. The molecule has 34 heavy (non-hydrogen) atoms. The molecular weight excluding hydrogens is 438 g/mol. The van der Waals surface area contributed by atoms with Crippen molar-refractivity contribution in [3.8, 4) is 16.9 Å². The minimum absolute atomic E-state index is 0.00901. The Labute approximate surface area is 195 Å². The van der Waals surface area contributed by atoms with Gasteiger partial charge in [-0.25, -0.2) is 14.8 Å². The van der Waals surface area contributed by atoms with Gasteiger partial charge in [0.25, 0.3) is 5.91 Å². The second kappa shape index (κ2) is 9.57. The lowest BCUT2D eigenvalue weighted by molar-refractivity contribution is -0.117. The van der Waals surface area contributed by atoms with Gasteiger partial charge in [0.15, 0.2) is 0 Å². The summed E-state index contributed by atoms with van der Waals surface area (Å²) in [5.41, 5.74) is 2.53. The number of pyridine rings is 2. The van der Waals surface area contributed by atoms with Crippen LogP contribution in [0.4, 0.5) is 17.2 Å². The van der Waals surface area contributed by atoms with E-state index in [9.17, 15) is 14.4 Å². The molecule has 0 unspecified atom stereocenters. The molecular formula is C24H23N5O5. The summed E-state index contributed by atoms with van der Waals surface area (Å²) in [6, 6.07) is 10.0. The molecule has 1 saturated carbocycles. The van der Waals surface area contributed by atoms with Crippen molar-refractivity contribution in [3.05, 3.63) is 60.0 Å². The van der Waals surface area contributed by atoms with Crippen LogP contribution in [0.1, 0.15) is 33.7 Å². The van der Waals surface area contributed by atoms with E-state index in [4.69, 9.17) is 9.84 Å². The van der Waals surface area contributed by atoms with Crippen molar-refractivity contribution >= 4 is 35.0 Å². The summed E-state index contributed by atoms with van der Waals surface area (Å²) in [5, 5.41) is 17.7. The van der Waals surface area contributed by atoms with Crippen LogP contribution >= 0.6 is 0 Å². The van der Waals surface area contributed by atoms with Crippen LogP contribution in [0.5, 0.6) is 5.75 Å². The molecule has 2 aromatic heterocycles. The van der Waals surface area contributed by atoms with Gasteiger partial charge in [0.05, 0.1) is 24.0 Å². The van der Waals surface area contributed by atoms with E-state index >= 15 is 0 Å². The third-order valence-electron chi connectivity index (χ3n) is 5.36. The first-order valence-electron chi connectivity index (χ1n) is 10.6. The molecule has 1 fully saturated rings. The molecule has 174 valence electrons. The van der Waals surface area contributed by atoms with Crippen molar-refractivity contribution in [1.29, 1.82) is 0 Å². The zero-order valence-electron chi connectivity index (χ0n) is 18.6. The number of carbonyl (C=O) groups excluding carboxylic acids is 2. The second-order valence-electron chi connectivity index (χ2n) is 7.71. The molecule has 1 aliphatic carbocycles. The smallest absolute Gasteiger partial charge is 0.354 e. The molecule has 1 aliphatic rings. The standard InChI is InChI=1S/C24H23N5O5/c1-25-23(31)16-12-27-20(29-22(30)13-6-7-13)10-19(16)28-17-5-3-4-15(21(17)34-2)14-8-9-18(24(32)33)26-11-14/h3-5,8-13H,6-7H2,1-2H3,(H,25,31)(H,32,33)(H2,27,28,29,30). The molecule has 1 aromatic carbocycles. The zero-order valence-corrected chi connectivity index (χ0v) is 18.6. The van der Waals surface area contributed by atoms with Crippen LogP contribution in [0.25, 0.3) is 11.1 Å². The van der Waals surface area contributed by atoms with Crippen molar-refractivity contribution in [2.45, 2.75) is 12.8 Å². The van der Waals surface area contributed by atoms with Crippen molar-refractivity contribution in [1.82, 2.24) is 15.3 Å². The van der Waals surface area contributed by atoms with Gasteiger partial charge >= 0.3 is 5.97 Å². The number of para-hydroxylation sites is 1. The molecule has 2 amide bonds. The fraction of sp³-hybridized carbons (Fsp3) is 0.208. The van der Waals surface area contributed by atoms with E-state index in [1.165, 1.54) is 32.6 Å². The van der Waals surface area contributed by atoms with Crippen LogP contribution in [-0.2, 0) is 4.79 Å². The Bertz CT molecular complexity index is 1260. The van der Waals surface area contributed by atoms with Gasteiger partial charge in [-0.2, -0.15) is 0 Å². The van der Waals surface area contributed by atoms with Gasteiger partial charge in [-0.3, -0.25) is 9.59 Å². The van der Waals surface area contributed by atoms with E-state index < -0.39 is 5.97 Å². The Morgan fingerprint density at radius 1 is 1.06 bits per heavy atom. The second-order valence-corrected chi connectivity index (χ2v) is 7.71. The lowest BCUT2D eigenvalue weighted by Crippen LogP contribution is -2.20. The number of methoxy groups -OCH3 is 1. The van der Waals surface area contributed by atoms with E-state index in [1.54, 1.807) is 24.3 Å². The number of aromatic carboxylic acids is 1. The highest BCUT2D eigenvalue weighted by atomic mass is 16.5. The Morgan fingerprint density at radius 2 is 1.85 bits per heavy atom. The number of carboxylic acid groups (broad SMARTS) is 1. The minimum atomic E-state index is -1.11. The van der Waals surface area contributed by atoms with Crippen molar-refractivity contribution in [3.63, 3.8) is 0 Å². The summed E-state index contributed by atoms with van der Waals surface area (Å²) in [6.07, 6.45) is 4.58. The molecule has 0 saturated heterocycles. The number of benzene rings is 1. The molecule has 4 rings (SSSR count). The highest BCUT2D eigenvalue weighted by molar-refractivity contribution is 6.01. The number of rotatable bonds is 8. The Kier molecular flexibility index (Phi) is 6.39. The minimum Gasteiger partial charge on any atom is -0.494 e. The predicted octanol–water partition coefficient (Wildman–Crippen LogP) is 3.30. The lowest BCUT2D eigenvalue weighted by atomic mass is 10.0. The summed E-state index contributed by atoms with van der Waals surface area (Å²) in [6.45, 7) is 0. The monoisotopic (exact) mass is 461 g/mol. The maximum atomic E-state index is 12.4. The fourth-order valence-electron chi connectivity index (χ4n) is 3.42. The van der Waals surface area contributed by atoms with E-state index in [0.29, 0.717) is 34.1 Å². The summed E-state index contributed by atoms with van der Waals surface area (Å²) >= 11 is 0. The van der Waals surface area contributed by atoms with E-state index in [1.807, 2.05) is 6.07 Å². The molecule has 3 aromatic rings. The molecule has 10 nitrogen and oxygen atoms in total. The number of nitrogens with zero attached hydrogens (tertiary/aromatic N) is 2. The van der Waals surface area contributed by atoms with E-state index in [0.717, 1.165) is 12.8 Å². The fourth-order valence-corrected chi connectivity index (χ4v) is 3.42. The normalized spacial score (nSPS) is 12.5. The summed E-state index contributed by atoms with van der Waals surface area (Å²) in [5.74, 6) is -0.749. The van der Waals surface area contributed by atoms with Gasteiger partial charge in [0.2, 0.25) is 5.91 Å². The molecule has 0 atom stereocenters. The highest BCUT2D eigenvalue weighted by Gasteiger charge is 2.30. The predicted molar refractivity (Wildman–Crippen MR) is 125 cm³/mol. The largest absolute Gasteiger partial charge is 0.494 e. The molecule has 0 aliphatic heterocycles. The molecule has 0 bridgehead atoms. The molecule has 10 heteroatoms. The highest BCUT2D eigenvalue weighted by Crippen LogP contribution is 2.38. The number of carboxylic acids is 1. The van der Waals surface area contributed by atoms with Gasteiger partial charge in [0, 0.05) is 42.6 Å². The first kappa shape index (κ1) is 22.7. The molecule has 2 heterocycles. The van der Waals surface area contributed by atoms with Gasteiger partial charge in [0.1, 0.15) is 17.3 Å². The molecule has 4 N–H and O–H groups in total. The van der Waals surface area contributed by atoms with Crippen LogP contribution in [0, 0.1) is 5.92 Å². The van der Waals surface area contributed by atoms with E-state index in [2.05, 4.69) is 25.9 Å². The van der Waals surface area contributed by atoms with Gasteiger partial charge in [-0.05, 0) is 25.0 Å². The number of aromatic nitrogens is 2.